The van der Waals surface area contributed by atoms with Crippen LogP contribution in [0.2, 0.25) is 0 Å². The number of carbonyl (C=O) groups excluding carboxylic acids is 1. The summed E-state index contributed by atoms with van der Waals surface area (Å²) in [5.41, 5.74) is 1.72. The number of rotatable bonds is 8. The fourth-order valence-corrected chi connectivity index (χ4v) is 4.86. The molecule has 0 bridgehead atoms. The molecule has 1 aliphatic heterocycles. The maximum atomic E-state index is 13.3. The van der Waals surface area contributed by atoms with Crippen molar-refractivity contribution >= 4 is 32.6 Å². The van der Waals surface area contributed by atoms with Crippen molar-refractivity contribution in [2.45, 2.75) is 32.4 Å². The standard InChI is InChI=1S/C23H27N3O3S/c1-2-26(23-24-19-10-4-6-12-21(19)30-23)22(28)16-25(15-18-9-7-13-29-18)14-17-8-3-5-11-20(17)27/h3-6,8,10-12,18,27H,2,7,9,13-16H2,1H3. The molecule has 1 unspecified atom stereocenters. The lowest BCUT2D eigenvalue weighted by molar-refractivity contribution is -0.120. The zero-order valence-electron chi connectivity index (χ0n) is 17.2. The fraction of sp³-hybridized carbons (Fsp3) is 0.391. The first-order valence-electron chi connectivity index (χ1n) is 10.4. The highest BCUT2D eigenvalue weighted by atomic mass is 32.1. The van der Waals surface area contributed by atoms with Gasteiger partial charge in [-0.1, -0.05) is 41.7 Å². The zero-order valence-corrected chi connectivity index (χ0v) is 18.0. The van der Waals surface area contributed by atoms with Crippen molar-refractivity contribution in [3.8, 4) is 5.75 Å². The van der Waals surface area contributed by atoms with E-state index in [0.29, 0.717) is 19.6 Å². The molecule has 30 heavy (non-hydrogen) atoms. The maximum Gasteiger partial charge on any atom is 0.242 e. The maximum absolute atomic E-state index is 13.3. The molecule has 3 aromatic rings. The number of nitrogens with zero attached hydrogens (tertiary/aromatic N) is 3. The molecule has 1 N–H and O–H groups in total. The minimum atomic E-state index is 0.00461. The predicted molar refractivity (Wildman–Crippen MR) is 120 cm³/mol. The number of amides is 1. The van der Waals surface area contributed by atoms with E-state index in [1.54, 1.807) is 17.0 Å². The van der Waals surface area contributed by atoms with Crippen molar-refractivity contribution in [1.29, 1.82) is 0 Å². The number of aromatic hydroxyl groups is 1. The summed E-state index contributed by atoms with van der Waals surface area (Å²) < 4.78 is 6.88. The van der Waals surface area contributed by atoms with Gasteiger partial charge in [0, 0.05) is 31.8 Å². The minimum absolute atomic E-state index is 0.00461. The van der Waals surface area contributed by atoms with Crippen molar-refractivity contribution in [3.63, 3.8) is 0 Å². The normalized spacial score (nSPS) is 16.4. The lowest BCUT2D eigenvalue weighted by Crippen LogP contribution is -2.42. The molecule has 1 aromatic heterocycles. The molecule has 2 aromatic carbocycles. The molecule has 4 rings (SSSR count). The first-order chi connectivity index (χ1) is 14.6. The number of ether oxygens (including phenoxy) is 1. The molecule has 0 radical (unpaired) electrons. The minimum Gasteiger partial charge on any atom is -0.508 e. The summed E-state index contributed by atoms with van der Waals surface area (Å²) in [6, 6.07) is 15.2. The highest BCUT2D eigenvalue weighted by Crippen LogP contribution is 2.29. The molecule has 1 amide bonds. The monoisotopic (exact) mass is 425 g/mol. The summed E-state index contributed by atoms with van der Waals surface area (Å²) in [6.07, 6.45) is 2.18. The number of hydrogen-bond donors (Lipinski definition) is 1. The van der Waals surface area contributed by atoms with E-state index in [0.717, 1.165) is 40.4 Å². The molecule has 0 aliphatic carbocycles. The molecule has 1 saturated heterocycles. The van der Waals surface area contributed by atoms with Gasteiger partial charge in [0.2, 0.25) is 5.91 Å². The molecule has 2 heterocycles. The molecular formula is C23H27N3O3S. The number of phenolic OH excluding ortho intramolecular Hbond substituents is 1. The summed E-state index contributed by atoms with van der Waals surface area (Å²) in [4.78, 5) is 21.7. The third-order valence-electron chi connectivity index (χ3n) is 5.36. The van der Waals surface area contributed by atoms with Crippen LogP contribution >= 0.6 is 11.3 Å². The van der Waals surface area contributed by atoms with E-state index >= 15 is 0 Å². The van der Waals surface area contributed by atoms with E-state index in [1.165, 1.54) is 11.3 Å². The van der Waals surface area contributed by atoms with Crippen LogP contribution in [0.4, 0.5) is 5.13 Å². The Kier molecular flexibility index (Phi) is 6.62. The number of thiazole rings is 1. The number of hydrogen-bond acceptors (Lipinski definition) is 6. The van der Waals surface area contributed by atoms with Gasteiger partial charge in [0.05, 0.1) is 22.9 Å². The Hall–Kier alpha value is -2.48. The van der Waals surface area contributed by atoms with Crippen LogP contribution in [0.1, 0.15) is 25.3 Å². The lowest BCUT2D eigenvalue weighted by Gasteiger charge is -2.27. The van der Waals surface area contributed by atoms with Crippen LogP contribution in [0.3, 0.4) is 0 Å². The fourth-order valence-electron chi connectivity index (χ4n) is 3.82. The van der Waals surface area contributed by atoms with Gasteiger partial charge in [0.1, 0.15) is 5.75 Å². The Balaban J connectivity index is 1.52. The van der Waals surface area contributed by atoms with Gasteiger partial charge in [-0.15, -0.1) is 0 Å². The van der Waals surface area contributed by atoms with Crippen LogP contribution in [0.5, 0.6) is 5.75 Å². The number of carbonyl (C=O) groups is 1. The Morgan fingerprint density at radius 1 is 1.23 bits per heavy atom. The summed E-state index contributed by atoms with van der Waals surface area (Å²) in [7, 11) is 0. The van der Waals surface area contributed by atoms with Crippen LogP contribution in [0.15, 0.2) is 48.5 Å². The Morgan fingerprint density at radius 3 is 2.77 bits per heavy atom. The molecule has 1 aliphatic rings. The number of para-hydroxylation sites is 2. The van der Waals surface area contributed by atoms with Gasteiger partial charge in [0.25, 0.3) is 0 Å². The van der Waals surface area contributed by atoms with Gasteiger partial charge >= 0.3 is 0 Å². The van der Waals surface area contributed by atoms with Gasteiger partial charge in [-0.05, 0) is 38.0 Å². The summed E-state index contributed by atoms with van der Waals surface area (Å²) >= 11 is 1.54. The quantitative estimate of drug-likeness (QED) is 0.590. The van der Waals surface area contributed by atoms with Gasteiger partial charge in [-0.3, -0.25) is 14.6 Å². The number of likely N-dealkylation sites (N-methyl/N-ethyl adjacent to an activating group) is 1. The van der Waals surface area contributed by atoms with E-state index in [4.69, 9.17) is 4.74 Å². The molecule has 7 heteroatoms. The zero-order chi connectivity index (χ0) is 20.9. The summed E-state index contributed by atoms with van der Waals surface area (Å²) in [6.45, 7) is 4.71. The van der Waals surface area contributed by atoms with Crippen LogP contribution < -0.4 is 4.90 Å². The second kappa shape index (κ2) is 9.55. The van der Waals surface area contributed by atoms with Gasteiger partial charge in [0.15, 0.2) is 5.13 Å². The molecule has 1 fully saturated rings. The smallest absolute Gasteiger partial charge is 0.242 e. The lowest BCUT2D eigenvalue weighted by atomic mass is 10.1. The van der Waals surface area contributed by atoms with Crippen LogP contribution in [0.25, 0.3) is 10.2 Å². The van der Waals surface area contributed by atoms with E-state index < -0.39 is 0 Å². The summed E-state index contributed by atoms with van der Waals surface area (Å²) in [5, 5.41) is 10.9. The third kappa shape index (κ3) is 4.80. The number of fused-ring (bicyclic) bond motifs is 1. The van der Waals surface area contributed by atoms with E-state index in [1.807, 2.05) is 43.3 Å². The highest BCUT2D eigenvalue weighted by molar-refractivity contribution is 7.22. The average Bonchev–Trinajstić information content (AvgIpc) is 3.39. The van der Waals surface area contributed by atoms with Crippen molar-refractivity contribution < 1.29 is 14.6 Å². The second-order valence-corrected chi connectivity index (χ2v) is 8.54. The van der Waals surface area contributed by atoms with Crippen LogP contribution in [-0.2, 0) is 16.1 Å². The highest BCUT2D eigenvalue weighted by Gasteiger charge is 2.25. The Bertz CT molecular complexity index is 967. The molecule has 0 spiro atoms. The Labute approximate surface area is 180 Å². The van der Waals surface area contributed by atoms with Crippen LogP contribution in [-0.4, -0.2) is 53.2 Å². The third-order valence-corrected chi connectivity index (χ3v) is 6.42. The SMILES string of the molecule is CCN(C(=O)CN(Cc1ccccc1O)CC1CCCO1)c1nc2ccccc2s1. The van der Waals surface area contributed by atoms with E-state index in [9.17, 15) is 9.90 Å². The van der Waals surface area contributed by atoms with Crippen molar-refractivity contribution in [2.24, 2.45) is 0 Å². The van der Waals surface area contributed by atoms with Gasteiger partial charge in [-0.2, -0.15) is 0 Å². The van der Waals surface area contributed by atoms with Crippen molar-refractivity contribution in [2.75, 3.05) is 31.1 Å². The van der Waals surface area contributed by atoms with Crippen LogP contribution in [0, 0.1) is 0 Å². The van der Waals surface area contributed by atoms with E-state index in [2.05, 4.69) is 9.88 Å². The molecule has 158 valence electrons. The van der Waals surface area contributed by atoms with Crippen molar-refractivity contribution in [3.05, 3.63) is 54.1 Å². The molecule has 1 atom stereocenters. The van der Waals surface area contributed by atoms with Crippen molar-refractivity contribution in [1.82, 2.24) is 9.88 Å². The second-order valence-electron chi connectivity index (χ2n) is 7.54. The number of anilines is 1. The first-order valence-corrected chi connectivity index (χ1v) is 11.2. The molecule has 0 saturated carbocycles. The number of aromatic nitrogens is 1. The topological polar surface area (TPSA) is 65.9 Å². The molecule has 6 nitrogen and oxygen atoms in total. The predicted octanol–water partition coefficient (Wildman–Crippen LogP) is 4.04. The average molecular weight is 426 g/mol. The first kappa shape index (κ1) is 20.8. The number of benzene rings is 2. The van der Waals surface area contributed by atoms with E-state index in [-0.39, 0.29) is 24.3 Å². The molecular weight excluding hydrogens is 398 g/mol. The number of phenols is 1. The van der Waals surface area contributed by atoms with Gasteiger partial charge < -0.3 is 9.84 Å². The summed E-state index contributed by atoms with van der Waals surface area (Å²) in [5.74, 6) is 0.255. The largest absolute Gasteiger partial charge is 0.508 e. The Morgan fingerprint density at radius 2 is 2.03 bits per heavy atom. The van der Waals surface area contributed by atoms with Gasteiger partial charge in [-0.25, -0.2) is 4.98 Å².